The number of hydrogen-bond donors (Lipinski definition) is 3. The van der Waals surface area contributed by atoms with E-state index in [2.05, 4.69) is 41.7 Å². The number of H-pyrrole nitrogens is 1. The van der Waals surface area contributed by atoms with Crippen LogP contribution >= 0.6 is 39.3 Å². The molecule has 0 spiro atoms. The summed E-state index contributed by atoms with van der Waals surface area (Å²) in [5.41, 5.74) is 3.28. The van der Waals surface area contributed by atoms with E-state index in [0.717, 1.165) is 21.3 Å². The van der Waals surface area contributed by atoms with Crippen LogP contribution in [0.5, 0.6) is 0 Å². The first-order valence-electron chi connectivity index (χ1n) is 8.96. The van der Waals surface area contributed by atoms with Crippen molar-refractivity contribution in [1.82, 2.24) is 20.5 Å². The first-order valence-corrected chi connectivity index (χ1v) is 11.1. The van der Waals surface area contributed by atoms with Crippen molar-refractivity contribution in [2.24, 2.45) is 0 Å². The number of aryl methyl sites for hydroxylation is 2. The first-order chi connectivity index (χ1) is 14.3. The number of amides is 2. The highest BCUT2D eigenvalue weighted by molar-refractivity contribution is 9.10. The second-order valence-electron chi connectivity index (χ2n) is 6.51. The van der Waals surface area contributed by atoms with E-state index < -0.39 is 0 Å². The van der Waals surface area contributed by atoms with Gasteiger partial charge in [-0.25, -0.2) is 4.98 Å². The molecule has 0 atom stereocenters. The van der Waals surface area contributed by atoms with Crippen LogP contribution in [0, 0.1) is 13.8 Å². The van der Waals surface area contributed by atoms with Crippen LogP contribution in [0.2, 0.25) is 5.02 Å². The molecule has 7 nitrogen and oxygen atoms in total. The van der Waals surface area contributed by atoms with Crippen LogP contribution in [-0.4, -0.2) is 32.7 Å². The molecular weight excluding hydrogens is 490 g/mol. The van der Waals surface area contributed by atoms with Crippen LogP contribution in [0.4, 0.5) is 5.69 Å². The lowest BCUT2D eigenvalue weighted by atomic mass is 10.1. The van der Waals surface area contributed by atoms with Gasteiger partial charge >= 0.3 is 0 Å². The van der Waals surface area contributed by atoms with Crippen LogP contribution < -0.4 is 10.6 Å². The van der Waals surface area contributed by atoms with Gasteiger partial charge in [-0.05, 0) is 61.4 Å². The third-order valence-corrected chi connectivity index (χ3v) is 5.69. The lowest BCUT2D eigenvalue weighted by molar-refractivity contribution is -0.113. The largest absolute Gasteiger partial charge is 0.345 e. The molecule has 0 aliphatic carbocycles. The summed E-state index contributed by atoms with van der Waals surface area (Å²) in [5.74, 6) is 0.288. The smallest absolute Gasteiger partial charge is 0.251 e. The number of rotatable bonds is 7. The fourth-order valence-electron chi connectivity index (χ4n) is 2.70. The van der Waals surface area contributed by atoms with Crippen molar-refractivity contribution >= 4 is 56.8 Å². The van der Waals surface area contributed by atoms with Gasteiger partial charge in [-0.1, -0.05) is 39.3 Å². The van der Waals surface area contributed by atoms with Crippen LogP contribution in [0.25, 0.3) is 0 Å². The van der Waals surface area contributed by atoms with E-state index in [1.165, 1.54) is 11.8 Å². The summed E-state index contributed by atoms with van der Waals surface area (Å²) in [6.07, 6.45) is 0. The molecule has 0 bridgehead atoms. The number of anilines is 1. The van der Waals surface area contributed by atoms with Crippen molar-refractivity contribution in [3.63, 3.8) is 0 Å². The van der Waals surface area contributed by atoms with Crippen LogP contribution in [-0.2, 0) is 11.3 Å². The van der Waals surface area contributed by atoms with Crippen molar-refractivity contribution in [1.29, 1.82) is 0 Å². The number of nitrogens with zero attached hydrogens (tertiary/aromatic N) is 2. The van der Waals surface area contributed by atoms with Crippen LogP contribution in [0.15, 0.2) is 46.0 Å². The molecule has 0 aliphatic heterocycles. The summed E-state index contributed by atoms with van der Waals surface area (Å²) in [6.45, 7) is 4.08. The predicted octanol–water partition coefficient (Wildman–Crippen LogP) is 4.50. The molecule has 1 heterocycles. The van der Waals surface area contributed by atoms with Gasteiger partial charge in [0.2, 0.25) is 11.1 Å². The first kappa shape index (κ1) is 22.3. The number of carbonyl (C=O) groups is 2. The molecule has 156 valence electrons. The Morgan fingerprint density at radius 2 is 1.83 bits per heavy atom. The SMILES string of the molecule is Cc1cc(Br)cc(C)c1NC(=O)CSc1n[nH]c(CNC(=O)c2ccc(Cl)cc2)n1. The van der Waals surface area contributed by atoms with Gasteiger partial charge < -0.3 is 10.6 Å². The lowest BCUT2D eigenvalue weighted by Crippen LogP contribution is -2.23. The zero-order valence-electron chi connectivity index (χ0n) is 16.3. The normalized spacial score (nSPS) is 10.7. The van der Waals surface area contributed by atoms with Gasteiger partial charge in [-0.15, -0.1) is 5.10 Å². The number of hydrogen-bond acceptors (Lipinski definition) is 5. The fourth-order valence-corrected chi connectivity index (χ4v) is 4.13. The summed E-state index contributed by atoms with van der Waals surface area (Å²) in [7, 11) is 0. The Morgan fingerprint density at radius 3 is 2.50 bits per heavy atom. The highest BCUT2D eigenvalue weighted by Crippen LogP contribution is 2.25. The maximum absolute atomic E-state index is 12.3. The summed E-state index contributed by atoms with van der Waals surface area (Å²) in [6, 6.07) is 10.5. The van der Waals surface area contributed by atoms with E-state index in [9.17, 15) is 9.59 Å². The molecule has 3 rings (SSSR count). The zero-order valence-corrected chi connectivity index (χ0v) is 19.4. The van der Waals surface area contributed by atoms with E-state index in [1.807, 2.05) is 26.0 Å². The molecular formula is C20H19BrClN5O2S. The van der Waals surface area contributed by atoms with Gasteiger partial charge in [0.25, 0.3) is 5.91 Å². The monoisotopic (exact) mass is 507 g/mol. The third kappa shape index (κ3) is 6.07. The Kier molecular flexibility index (Phi) is 7.52. The molecule has 0 unspecified atom stereocenters. The Morgan fingerprint density at radius 1 is 1.17 bits per heavy atom. The van der Waals surface area contributed by atoms with Crippen molar-refractivity contribution in [3.05, 3.63) is 68.4 Å². The van der Waals surface area contributed by atoms with E-state index >= 15 is 0 Å². The minimum atomic E-state index is -0.239. The maximum atomic E-state index is 12.3. The molecule has 0 saturated carbocycles. The number of nitrogens with one attached hydrogen (secondary N) is 3. The molecule has 0 saturated heterocycles. The molecule has 1 aromatic heterocycles. The average molecular weight is 509 g/mol. The van der Waals surface area contributed by atoms with Crippen molar-refractivity contribution in [2.45, 2.75) is 25.5 Å². The lowest BCUT2D eigenvalue weighted by Gasteiger charge is -2.11. The van der Waals surface area contributed by atoms with Crippen LogP contribution in [0.1, 0.15) is 27.3 Å². The minimum Gasteiger partial charge on any atom is -0.345 e. The van der Waals surface area contributed by atoms with Crippen LogP contribution in [0.3, 0.4) is 0 Å². The standard InChI is InChI=1S/C20H19BrClN5O2S/c1-11-7-14(21)8-12(2)18(11)25-17(28)10-30-20-24-16(26-27-20)9-23-19(29)13-3-5-15(22)6-4-13/h3-8H,9-10H2,1-2H3,(H,23,29)(H,25,28)(H,24,26,27). The van der Waals surface area contributed by atoms with E-state index in [4.69, 9.17) is 11.6 Å². The number of halogens is 2. The predicted molar refractivity (Wildman–Crippen MR) is 122 cm³/mol. The Balaban J connectivity index is 1.49. The molecule has 0 aliphatic rings. The van der Waals surface area contributed by atoms with Gasteiger partial charge in [0, 0.05) is 20.7 Å². The molecule has 2 aromatic carbocycles. The topological polar surface area (TPSA) is 99.8 Å². The molecule has 0 fully saturated rings. The average Bonchev–Trinajstić information content (AvgIpc) is 3.16. The maximum Gasteiger partial charge on any atom is 0.251 e. The number of aromatic amines is 1. The minimum absolute atomic E-state index is 0.143. The van der Waals surface area contributed by atoms with E-state index in [1.54, 1.807) is 24.3 Å². The Labute approximate surface area is 191 Å². The van der Waals surface area contributed by atoms with Gasteiger partial charge in [-0.3, -0.25) is 14.7 Å². The highest BCUT2D eigenvalue weighted by Gasteiger charge is 2.12. The third-order valence-electron chi connectivity index (χ3n) is 4.13. The van der Waals surface area contributed by atoms with Gasteiger partial charge in [0.15, 0.2) is 0 Å². The van der Waals surface area contributed by atoms with E-state index in [-0.39, 0.29) is 24.1 Å². The summed E-state index contributed by atoms with van der Waals surface area (Å²) >= 11 is 10.5. The summed E-state index contributed by atoms with van der Waals surface area (Å²) < 4.78 is 0.973. The second kappa shape index (κ2) is 10.1. The molecule has 0 radical (unpaired) electrons. The molecule has 2 amide bonds. The van der Waals surface area contributed by atoms with Crippen molar-refractivity contribution < 1.29 is 9.59 Å². The highest BCUT2D eigenvalue weighted by atomic mass is 79.9. The fraction of sp³-hybridized carbons (Fsp3) is 0.200. The van der Waals surface area contributed by atoms with Gasteiger partial charge in [0.05, 0.1) is 12.3 Å². The zero-order chi connectivity index (χ0) is 21.7. The molecule has 3 N–H and O–H groups in total. The molecule has 10 heteroatoms. The molecule has 30 heavy (non-hydrogen) atoms. The Hall–Kier alpha value is -2.36. The molecule has 3 aromatic rings. The summed E-state index contributed by atoms with van der Waals surface area (Å²) in [4.78, 5) is 28.7. The Bertz CT molecular complexity index is 1050. The number of benzene rings is 2. The van der Waals surface area contributed by atoms with Crippen molar-refractivity contribution in [2.75, 3.05) is 11.1 Å². The number of aromatic nitrogens is 3. The summed E-state index contributed by atoms with van der Waals surface area (Å²) in [5, 5.41) is 13.5. The number of carbonyl (C=O) groups excluding carboxylic acids is 2. The van der Waals surface area contributed by atoms with E-state index in [0.29, 0.717) is 21.6 Å². The quantitative estimate of drug-likeness (QED) is 0.408. The van der Waals surface area contributed by atoms with Gasteiger partial charge in [0.1, 0.15) is 5.82 Å². The van der Waals surface area contributed by atoms with Gasteiger partial charge in [-0.2, -0.15) is 0 Å². The van der Waals surface area contributed by atoms with Crippen molar-refractivity contribution in [3.8, 4) is 0 Å². The second-order valence-corrected chi connectivity index (χ2v) is 8.80. The number of thioether (sulfide) groups is 1.